The fourth-order valence-corrected chi connectivity index (χ4v) is 4.16. The van der Waals surface area contributed by atoms with Gasteiger partial charge in [-0.15, -0.1) is 0 Å². The van der Waals surface area contributed by atoms with E-state index in [4.69, 9.17) is 18.6 Å². The zero-order valence-corrected chi connectivity index (χ0v) is 17.3. The molecule has 1 aliphatic rings. The number of carbonyl (C=O) groups is 1. The first-order valence-electron chi connectivity index (χ1n) is 10.1. The van der Waals surface area contributed by atoms with E-state index in [-0.39, 0.29) is 23.5 Å². The van der Waals surface area contributed by atoms with Crippen LogP contribution in [0.3, 0.4) is 0 Å². The molecule has 0 bridgehead atoms. The molecule has 0 unspecified atom stereocenters. The summed E-state index contributed by atoms with van der Waals surface area (Å²) in [6, 6.07) is 13.7. The van der Waals surface area contributed by atoms with Crippen LogP contribution in [0.2, 0.25) is 0 Å². The third-order valence-corrected chi connectivity index (χ3v) is 5.59. The van der Waals surface area contributed by atoms with Crippen molar-refractivity contribution >= 4 is 27.8 Å². The van der Waals surface area contributed by atoms with Gasteiger partial charge in [-0.2, -0.15) is 0 Å². The zero-order valence-electron chi connectivity index (χ0n) is 17.3. The van der Waals surface area contributed by atoms with Gasteiger partial charge in [0.25, 0.3) is 5.56 Å². The topological polar surface area (TPSA) is 108 Å². The molecule has 3 heterocycles. The average Bonchev–Trinajstić information content (AvgIpc) is 3.20. The number of H-pyrrole nitrogens is 1. The molecule has 0 spiro atoms. The summed E-state index contributed by atoms with van der Waals surface area (Å²) in [4.78, 5) is 41.7. The maximum Gasteiger partial charge on any atom is 0.348 e. The number of aromatic amines is 1. The molecule has 5 rings (SSSR count). The second kappa shape index (κ2) is 7.56. The molecule has 8 nitrogen and oxygen atoms in total. The van der Waals surface area contributed by atoms with Gasteiger partial charge in [-0.05, 0) is 43.3 Å². The molecule has 8 heteroatoms. The molecule has 0 saturated heterocycles. The molecule has 2 aromatic heterocycles. The predicted octanol–water partition coefficient (Wildman–Crippen LogP) is 3.10. The Morgan fingerprint density at radius 3 is 2.72 bits per heavy atom. The van der Waals surface area contributed by atoms with Crippen molar-refractivity contribution in [1.29, 1.82) is 0 Å². The third-order valence-electron chi connectivity index (χ3n) is 5.59. The van der Waals surface area contributed by atoms with Crippen LogP contribution in [0.25, 0.3) is 21.9 Å². The number of para-hydroxylation sites is 1. The number of hydrogen-bond acceptors (Lipinski definition) is 7. The maximum atomic E-state index is 13.1. The van der Waals surface area contributed by atoms with Crippen molar-refractivity contribution in [2.24, 2.45) is 0 Å². The fraction of sp³-hybridized carbons (Fsp3) is 0.208. The Kier molecular flexibility index (Phi) is 4.70. The van der Waals surface area contributed by atoms with Crippen molar-refractivity contribution in [2.75, 3.05) is 13.7 Å². The van der Waals surface area contributed by atoms with Crippen molar-refractivity contribution in [3.63, 3.8) is 0 Å². The molecule has 32 heavy (non-hydrogen) atoms. The minimum Gasteiger partial charge on any atom is -0.497 e. The van der Waals surface area contributed by atoms with Crippen LogP contribution in [0.5, 0.6) is 11.5 Å². The molecular formula is C24H19NO7. The number of rotatable bonds is 4. The highest BCUT2D eigenvalue weighted by Gasteiger charge is 2.46. The minimum absolute atomic E-state index is 0.120. The van der Waals surface area contributed by atoms with Gasteiger partial charge in [0, 0.05) is 16.5 Å². The molecule has 0 saturated carbocycles. The molecule has 0 aliphatic carbocycles. The Labute approximate surface area is 181 Å². The number of methoxy groups -OCH3 is 1. The number of esters is 1. The van der Waals surface area contributed by atoms with E-state index in [1.54, 1.807) is 62.6 Å². The van der Waals surface area contributed by atoms with Gasteiger partial charge in [0.1, 0.15) is 17.1 Å². The van der Waals surface area contributed by atoms with E-state index in [1.165, 1.54) is 0 Å². The summed E-state index contributed by atoms with van der Waals surface area (Å²) in [7, 11) is 1.54. The standard InChI is InChI=1S/C24H19NO7/c1-3-30-24(28)21-18(15-11-12-10-13(29-2)8-9-16(12)25-22(15)26)19-20(32-21)14-6-4-5-7-17(14)31-23(19)27/h4-11,18,21H,3H2,1-2H3,(H,25,26)/t18-,21+/m0/s1. The van der Waals surface area contributed by atoms with Gasteiger partial charge in [0.2, 0.25) is 6.10 Å². The van der Waals surface area contributed by atoms with E-state index >= 15 is 0 Å². The van der Waals surface area contributed by atoms with Crippen molar-refractivity contribution in [2.45, 2.75) is 18.9 Å². The maximum absolute atomic E-state index is 13.1. The SMILES string of the molecule is CCOC(=O)[C@@H]1Oc2c(c(=O)oc3ccccc23)[C@@H]1c1cc2cc(OC)ccc2[nH]c1=O. The van der Waals surface area contributed by atoms with Gasteiger partial charge in [0.05, 0.1) is 30.6 Å². The summed E-state index contributed by atoms with van der Waals surface area (Å²) in [6.45, 7) is 1.80. The molecule has 4 aromatic rings. The number of ether oxygens (including phenoxy) is 3. The second-order valence-electron chi connectivity index (χ2n) is 7.40. The fourth-order valence-electron chi connectivity index (χ4n) is 4.16. The van der Waals surface area contributed by atoms with Crippen LogP contribution in [-0.4, -0.2) is 30.8 Å². The Bertz CT molecular complexity index is 1480. The van der Waals surface area contributed by atoms with Crippen LogP contribution in [0.1, 0.15) is 24.0 Å². The number of carbonyl (C=O) groups excluding carboxylic acids is 1. The first-order chi connectivity index (χ1) is 15.5. The molecular weight excluding hydrogens is 414 g/mol. The summed E-state index contributed by atoms with van der Waals surface area (Å²) < 4.78 is 21.9. The predicted molar refractivity (Wildman–Crippen MR) is 116 cm³/mol. The highest BCUT2D eigenvalue weighted by Crippen LogP contribution is 2.44. The summed E-state index contributed by atoms with van der Waals surface area (Å²) >= 11 is 0. The van der Waals surface area contributed by atoms with Crippen LogP contribution >= 0.6 is 0 Å². The zero-order chi connectivity index (χ0) is 22.4. The number of fused-ring (bicyclic) bond motifs is 4. The quantitative estimate of drug-likeness (QED) is 0.389. The monoisotopic (exact) mass is 433 g/mol. The average molecular weight is 433 g/mol. The largest absolute Gasteiger partial charge is 0.497 e. The van der Waals surface area contributed by atoms with Gasteiger partial charge in [0.15, 0.2) is 0 Å². The van der Waals surface area contributed by atoms with Gasteiger partial charge < -0.3 is 23.6 Å². The number of hydrogen-bond donors (Lipinski definition) is 1. The lowest BCUT2D eigenvalue weighted by molar-refractivity contribution is -0.151. The number of nitrogens with one attached hydrogen (secondary N) is 1. The van der Waals surface area contributed by atoms with Gasteiger partial charge >= 0.3 is 11.6 Å². The normalized spacial score (nSPS) is 17.2. The van der Waals surface area contributed by atoms with Crippen LogP contribution in [-0.2, 0) is 9.53 Å². The highest BCUT2D eigenvalue weighted by atomic mass is 16.6. The van der Waals surface area contributed by atoms with Crippen LogP contribution < -0.4 is 20.7 Å². The van der Waals surface area contributed by atoms with E-state index in [1.807, 2.05) is 0 Å². The Morgan fingerprint density at radius 1 is 1.12 bits per heavy atom. The van der Waals surface area contributed by atoms with Crippen LogP contribution in [0.15, 0.2) is 62.5 Å². The lowest BCUT2D eigenvalue weighted by atomic mass is 9.88. The molecule has 2 atom stereocenters. The van der Waals surface area contributed by atoms with E-state index < -0.39 is 29.2 Å². The Balaban J connectivity index is 1.79. The molecule has 162 valence electrons. The summed E-state index contributed by atoms with van der Waals surface area (Å²) in [5.74, 6) is -0.831. The lowest BCUT2D eigenvalue weighted by Gasteiger charge is -2.17. The van der Waals surface area contributed by atoms with E-state index in [2.05, 4.69) is 4.98 Å². The lowest BCUT2D eigenvalue weighted by Crippen LogP contribution is -2.35. The van der Waals surface area contributed by atoms with Crippen molar-refractivity contribution in [3.8, 4) is 11.5 Å². The number of pyridine rings is 1. The number of benzene rings is 2. The third kappa shape index (κ3) is 3.03. The van der Waals surface area contributed by atoms with Gasteiger partial charge in [-0.25, -0.2) is 9.59 Å². The van der Waals surface area contributed by atoms with Gasteiger partial charge in [-0.1, -0.05) is 12.1 Å². The van der Waals surface area contributed by atoms with E-state index in [0.29, 0.717) is 27.6 Å². The second-order valence-corrected chi connectivity index (χ2v) is 7.40. The minimum atomic E-state index is -1.21. The van der Waals surface area contributed by atoms with Crippen molar-refractivity contribution < 1.29 is 23.4 Å². The van der Waals surface area contributed by atoms with Crippen LogP contribution in [0.4, 0.5) is 0 Å². The molecule has 1 N–H and O–H groups in total. The smallest absolute Gasteiger partial charge is 0.348 e. The van der Waals surface area contributed by atoms with E-state index in [0.717, 1.165) is 0 Å². The van der Waals surface area contributed by atoms with Gasteiger partial charge in [-0.3, -0.25) is 4.79 Å². The molecule has 0 fully saturated rings. The first kappa shape index (κ1) is 19.9. The molecule has 2 aromatic carbocycles. The molecule has 0 radical (unpaired) electrons. The summed E-state index contributed by atoms with van der Waals surface area (Å²) in [5.41, 5.74) is 0.139. The molecule has 0 amide bonds. The highest BCUT2D eigenvalue weighted by molar-refractivity contribution is 5.89. The van der Waals surface area contributed by atoms with Crippen molar-refractivity contribution in [3.05, 3.63) is 80.4 Å². The Morgan fingerprint density at radius 2 is 1.94 bits per heavy atom. The first-order valence-corrected chi connectivity index (χ1v) is 10.1. The van der Waals surface area contributed by atoms with Crippen molar-refractivity contribution in [1.82, 2.24) is 4.98 Å². The summed E-state index contributed by atoms with van der Waals surface area (Å²) in [5, 5.41) is 1.22. The number of aromatic nitrogens is 1. The van der Waals surface area contributed by atoms with E-state index in [9.17, 15) is 14.4 Å². The van der Waals surface area contributed by atoms with Crippen LogP contribution in [0, 0.1) is 0 Å². The Hall–Kier alpha value is -4.07. The summed E-state index contributed by atoms with van der Waals surface area (Å²) in [6.07, 6.45) is -1.21. The molecule has 1 aliphatic heterocycles.